The molecule has 0 radical (unpaired) electrons. The van der Waals surface area contributed by atoms with E-state index in [0.717, 1.165) is 41.5 Å². The summed E-state index contributed by atoms with van der Waals surface area (Å²) >= 11 is 0. The molecule has 7 nitrogen and oxygen atoms in total. The molecule has 0 aliphatic rings. The zero-order valence-electron chi connectivity index (χ0n) is 19.3. The van der Waals surface area contributed by atoms with Crippen LogP contribution in [0.1, 0.15) is 17.0 Å². The largest absolute Gasteiger partial charge is 0.497 e. The van der Waals surface area contributed by atoms with Crippen LogP contribution in [-0.2, 0) is 13.1 Å². The van der Waals surface area contributed by atoms with Crippen LogP contribution in [0.2, 0.25) is 0 Å². The number of aryl methyl sites for hydroxylation is 2. The second-order valence-electron chi connectivity index (χ2n) is 7.98. The molecule has 0 aliphatic carbocycles. The monoisotopic (exact) mass is 439 g/mol. The van der Waals surface area contributed by atoms with Crippen LogP contribution in [0, 0.1) is 13.8 Å². The highest BCUT2D eigenvalue weighted by atomic mass is 16.5. The van der Waals surface area contributed by atoms with Gasteiger partial charge in [-0.05, 0) is 56.8 Å². The third-order valence-electron chi connectivity index (χ3n) is 5.06. The van der Waals surface area contributed by atoms with Crippen molar-refractivity contribution in [3.8, 4) is 17.2 Å². The fraction of sp³-hybridized carbons (Fsp3) is 0.400. The Bertz CT molecular complexity index is 972. The maximum absolute atomic E-state index is 10.3. The van der Waals surface area contributed by atoms with E-state index in [-0.39, 0.29) is 6.61 Å². The summed E-state index contributed by atoms with van der Waals surface area (Å²) in [4.78, 5) is 2.07. The Morgan fingerprint density at radius 1 is 1.00 bits per heavy atom. The lowest BCUT2D eigenvalue weighted by atomic mass is 10.2. The fourth-order valence-corrected chi connectivity index (χ4v) is 3.51. The quantitative estimate of drug-likeness (QED) is 0.466. The van der Waals surface area contributed by atoms with Crippen LogP contribution in [0.4, 0.5) is 0 Å². The van der Waals surface area contributed by atoms with Crippen LogP contribution in [0.5, 0.6) is 17.2 Å². The summed E-state index contributed by atoms with van der Waals surface area (Å²) in [7, 11) is 3.60. The smallest absolute Gasteiger partial charge is 0.123 e. The van der Waals surface area contributed by atoms with E-state index >= 15 is 0 Å². The number of hydrogen-bond acceptors (Lipinski definition) is 6. The number of methoxy groups -OCH3 is 1. The lowest BCUT2D eigenvalue weighted by Crippen LogP contribution is -2.32. The summed E-state index contributed by atoms with van der Waals surface area (Å²) < 4.78 is 18.7. The number of aromatic nitrogens is 2. The van der Waals surface area contributed by atoms with Gasteiger partial charge in [-0.2, -0.15) is 5.10 Å². The second kappa shape index (κ2) is 11.5. The molecule has 0 fully saturated rings. The van der Waals surface area contributed by atoms with E-state index in [0.29, 0.717) is 18.9 Å². The third kappa shape index (κ3) is 7.28. The van der Waals surface area contributed by atoms with Crippen molar-refractivity contribution in [1.29, 1.82) is 0 Å². The van der Waals surface area contributed by atoms with E-state index in [2.05, 4.69) is 16.1 Å². The van der Waals surface area contributed by atoms with E-state index in [1.54, 1.807) is 13.2 Å². The SMILES string of the molecule is COc1cccc(OCC(O)CN(C)Cc2ccc(OCCn3nc(C)cc3C)cc2)c1. The third-order valence-corrected chi connectivity index (χ3v) is 5.06. The number of rotatable bonds is 12. The highest BCUT2D eigenvalue weighted by Gasteiger charge is 2.10. The molecule has 0 saturated heterocycles. The molecule has 2 aromatic carbocycles. The summed E-state index contributed by atoms with van der Waals surface area (Å²) in [5, 5.41) is 14.8. The molecule has 32 heavy (non-hydrogen) atoms. The molecule has 0 aliphatic heterocycles. The Balaban J connectivity index is 1.38. The fourth-order valence-electron chi connectivity index (χ4n) is 3.51. The zero-order chi connectivity index (χ0) is 22.9. The van der Waals surface area contributed by atoms with Gasteiger partial charge in [0.05, 0.1) is 19.3 Å². The van der Waals surface area contributed by atoms with Crippen molar-refractivity contribution in [2.75, 3.05) is 33.9 Å². The molecular formula is C25H33N3O4. The Morgan fingerprint density at radius 2 is 1.75 bits per heavy atom. The lowest BCUT2D eigenvalue weighted by molar-refractivity contribution is 0.0743. The number of hydrogen-bond donors (Lipinski definition) is 1. The topological polar surface area (TPSA) is 69.0 Å². The first-order chi connectivity index (χ1) is 15.4. The second-order valence-corrected chi connectivity index (χ2v) is 7.98. The first kappa shape index (κ1) is 23.6. The Kier molecular flexibility index (Phi) is 8.53. The van der Waals surface area contributed by atoms with Crippen molar-refractivity contribution in [3.05, 3.63) is 71.5 Å². The molecule has 172 valence electrons. The van der Waals surface area contributed by atoms with Gasteiger partial charge >= 0.3 is 0 Å². The number of aliphatic hydroxyl groups excluding tert-OH is 1. The van der Waals surface area contributed by atoms with Gasteiger partial charge in [0.25, 0.3) is 0 Å². The van der Waals surface area contributed by atoms with Gasteiger partial charge < -0.3 is 19.3 Å². The van der Waals surface area contributed by atoms with Crippen molar-refractivity contribution in [3.63, 3.8) is 0 Å². The summed E-state index contributed by atoms with van der Waals surface area (Å²) in [5.41, 5.74) is 3.31. The van der Waals surface area contributed by atoms with Gasteiger partial charge in [0, 0.05) is 24.8 Å². The molecule has 0 saturated carbocycles. The van der Waals surface area contributed by atoms with Crippen LogP contribution in [0.3, 0.4) is 0 Å². The number of nitrogens with zero attached hydrogens (tertiary/aromatic N) is 3. The van der Waals surface area contributed by atoms with Crippen LogP contribution in [0.15, 0.2) is 54.6 Å². The van der Waals surface area contributed by atoms with Gasteiger partial charge in [0.15, 0.2) is 0 Å². The van der Waals surface area contributed by atoms with E-state index in [4.69, 9.17) is 14.2 Å². The number of ether oxygens (including phenoxy) is 3. The maximum Gasteiger partial charge on any atom is 0.123 e. The lowest BCUT2D eigenvalue weighted by Gasteiger charge is -2.21. The molecule has 1 unspecified atom stereocenters. The number of likely N-dealkylation sites (N-methyl/N-ethyl adjacent to an activating group) is 1. The minimum absolute atomic E-state index is 0.222. The van der Waals surface area contributed by atoms with E-state index in [1.807, 2.05) is 68.0 Å². The Hall–Kier alpha value is -3.03. The standard InChI is InChI=1S/C25H33N3O4/c1-19-14-20(2)28(26-19)12-13-31-23-10-8-21(9-11-23)16-27(3)17-22(29)18-32-25-7-5-6-24(15-25)30-4/h5-11,14-15,22,29H,12-13,16-18H2,1-4H3. The van der Waals surface area contributed by atoms with Crippen molar-refractivity contribution in [1.82, 2.24) is 14.7 Å². The van der Waals surface area contributed by atoms with Gasteiger partial charge in [-0.25, -0.2) is 0 Å². The Morgan fingerprint density at radius 3 is 2.44 bits per heavy atom. The zero-order valence-corrected chi connectivity index (χ0v) is 19.3. The van der Waals surface area contributed by atoms with Gasteiger partial charge in [-0.3, -0.25) is 9.58 Å². The first-order valence-electron chi connectivity index (χ1n) is 10.8. The highest BCUT2D eigenvalue weighted by Crippen LogP contribution is 2.19. The van der Waals surface area contributed by atoms with Gasteiger partial charge in [0.1, 0.15) is 36.6 Å². The predicted octanol–water partition coefficient (Wildman–Crippen LogP) is 3.46. The number of benzene rings is 2. The van der Waals surface area contributed by atoms with Gasteiger partial charge in [-0.1, -0.05) is 18.2 Å². The van der Waals surface area contributed by atoms with E-state index in [1.165, 1.54) is 0 Å². The summed E-state index contributed by atoms with van der Waals surface area (Å²) in [5.74, 6) is 2.25. The molecule has 1 atom stereocenters. The average Bonchev–Trinajstić information content (AvgIpc) is 3.10. The molecule has 0 amide bonds. The molecule has 1 heterocycles. The number of aliphatic hydroxyl groups is 1. The van der Waals surface area contributed by atoms with Gasteiger partial charge in [0.2, 0.25) is 0 Å². The molecular weight excluding hydrogens is 406 g/mol. The van der Waals surface area contributed by atoms with E-state index in [9.17, 15) is 5.11 Å². The summed E-state index contributed by atoms with van der Waals surface area (Å²) in [6.07, 6.45) is -0.594. The molecule has 1 aromatic heterocycles. The van der Waals surface area contributed by atoms with Crippen molar-refractivity contribution in [2.45, 2.75) is 33.0 Å². The molecule has 1 N–H and O–H groups in total. The van der Waals surface area contributed by atoms with Crippen LogP contribution >= 0.6 is 0 Å². The van der Waals surface area contributed by atoms with Crippen LogP contribution in [0.25, 0.3) is 0 Å². The summed E-state index contributed by atoms with van der Waals surface area (Å²) in [6, 6.07) is 17.5. The van der Waals surface area contributed by atoms with Crippen molar-refractivity contribution in [2.24, 2.45) is 0 Å². The minimum Gasteiger partial charge on any atom is -0.497 e. The minimum atomic E-state index is -0.594. The Labute approximate surface area is 190 Å². The maximum atomic E-state index is 10.3. The summed E-state index contributed by atoms with van der Waals surface area (Å²) in [6.45, 7) is 6.78. The highest BCUT2D eigenvalue weighted by molar-refractivity contribution is 5.32. The van der Waals surface area contributed by atoms with Gasteiger partial charge in [-0.15, -0.1) is 0 Å². The molecule has 3 aromatic rings. The van der Waals surface area contributed by atoms with Crippen molar-refractivity contribution >= 4 is 0 Å². The first-order valence-corrected chi connectivity index (χ1v) is 10.8. The van der Waals surface area contributed by atoms with Crippen molar-refractivity contribution < 1.29 is 19.3 Å². The molecule has 0 bridgehead atoms. The van der Waals surface area contributed by atoms with E-state index < -0.39 is 6.10 Å². The normalized spacial score (nSPS) is 12.1. The molecule has 3 rings (SSSR count). The molecule has 7 heteroatoms. The van der Waals surface area contributed by atoms with Crippen LogP contribution in [-0.4, -0.2) is 59.8 Å². The average molecular weight is 440 g/mol. The predicted molar refractivity (Wildman–Crippen MR) is 124 cm³/mol. The molecule has 0 spiro atoms. The van der Waals surface area contributed by atoms with Crippen LogP contribution < -0.4 is 14.2 Å².